The summed E-state index contributed by atoms with van der Waals surface area (Å²) in [5.41, 5.74) is -0.196. The lowest BCUT2D eigenvalue weighted by Crippen LogP contribution is -2.62. The number of fused-ring (bicyclic) bond motifs is 4. The maximum Gasteiger partial charge on any atom is 0.412 e. The Hall–Kier alpha value is -1.11. The Balaban J connectivity index is 1.65. The number of likely N-dealkylation sites (tertiary alicyclic amines) is 1. The van der Waals surface area contributed by atoms with E-state index in [9.17, 15) is 4.79 Å². The van der Waals surface area contributed by atoms with Crippen molar-refractivity contribution in [2.24, 2.45) is 17.8 Å². The number of amides is 1. The van der Waals surface area contributed by atoms with Crippen molar-refractivity contribution in [2.45, 2.75) is 116 Å². The summed E-state index contributed by atoms with van der Waals surface area (Å²) in [6.45, 7) is 19.2. The molecule has 1 spiro atoms. The molecular weight excluding hydrogens is 394 g/mol. The first-order chi connectivity index (χ1) is 14.3. The van der Waals surface area contributed by atoms with E-state index in [2.05, 4.69) is 27.4 Å². The smallest absolute Gasteiger partial charge is 0.412 e. The zero-order valence-electron chi connectivity index (χ0n) is 20.4. The molecule has 0 aromatic heterocycles. The lowest BCUT2D eigenvalue weighted by Gasteiger charge is -2.52. The number of hydrogen-bond acceptors (Lipinski definition) is 5. The molecule has 0 saturated carbocycles. The number of carbonyl (C=O) groups excluding carboxylic acids is 1. The maximum atomic E-state index is 13.3. The van der Waals surface area contributed by atoms with Crippen LogP contribution in [0.3, 0.4) is 0 Å². The van der Waals surface area contributed by atoms with E-state index in [4.69, 9.17) is 18.9 Å². The summed E-state index contributed by atoms with van der Waals surface area (Å²) in [7, 11) is 0. The van der Waals surface area contributed by atoms with Gasteiger partial charge in [0.15, 0.2) is 11.5 Å². The van der Waals surface area contributed by atoms with Crippen molar-refractivity contribution in [3.8, 4) is 0 Å². The van der Waals surface area contributed by atoms with Crippen molar-refractivity contribution >= 4 is 6.09 Å². The van der Waals surface area contributed by atoms with Gasteiger partial charge in [-0.3, -0.25) is 4.90 Å². The van der Waals surface area contributed by atoms with Crippen molar-refractivity contribution in [3.63, 3.8) is 0 Å². The fourth-order valence-corrected chi connectivity index (χ4v) is 6.37. The third-order valence-corrected chi connectivity index (χ3v) is 7.26. The number of nitrogens with zero attached hydrogens (tertiary/aromatic N) is 1. The molecule has 4 aliphatic rings. The maximum absolute atomic E-state index is 13.3. The lowest BCUT2D eigenvalue weighted by molar-refractivity contribution is -0.365. The predicted molar refractivity (Wildman–Crippen MR) is 118 cm³/mol. The van der Waals surface area contributed by atoms with Gasteiger partial charge in [-0.25, -0.2) is 4.79 Å². The SMILES string of the molecule is C=C(C)C[C@@]12C[C@@H](C)C[C@@H](O1)[C@H]1O[C@@]3(C[C@H]1O2)[C@@H](C)C[C@@H](C)CN3C(=O)OC(C)(C)C. The first kappa shape index (κ1) is 23.1. The molecule has 1 amide bonds. The molecule has 4 rings (SSSR count). The van der Waals surface area contributed by atoms with Crippen molar-refractivity contribution in [1.29, 1.82) is 0 Å². The summed E-state index contributed by atoms with van der Waals surface area (Å²) in [6.07, 6.45) is 3.63. The van der Waals surface area contributed by atoms with Gasteiger partial charge in [-0.1, -0.05) is 32.9 Å². The van der Waals surface area contributed by atoms with Crippen molar-refractivity contribution in [1.82, 2.24) is 4.90 Å². The van der Waals surface area contributed by atoms with Crippen LogP contribution in [0.5, 0.6) is 0 Å². The molecule has 176 valence electrons. The second-order valence-corrected chi connectivity index (χ2v) is 11.9. The third-order valence-electron chi connectivity index (χ3n) is 7.26. The van der Waals surface area contributed by atoms with Crippen LogP contribution in [0.4, 0.5) is 4.79 Å². The number of carbonyl (C=O) groups is 1. The second-order valence-electron chi connectivity index (χ2n) is 11.9. The molecule has 0 aromatic rings. The number of hydrogen-bond donors (Lipinski definition) is 0. The van der Waals surface area contributed by atoms with Crippen LogP contribution in [0.25, 0.3) is 0 Å². The average molecular weight is 436 g/mol. The van der Waals surface area contributed by atoms with E-state index in [0.717, 1.165) is 24.8 Å². The highest BCUT2D eigenvalue weighted by molar-refractivity contribution is 5.69. The topological polar surface area (TPSA) is 57.2 Å². The van der Waals surface area contributed by atoms with Gasteiger partial charge < -0.3 is 18.9 Å². The molecule has 0 N–H and O–H groups in total. The Morgan fingerprint density at radius 3 is 2.39 bits per heavy atom. The van der Waals surface area contributed by atoms with E-state index in [0.29, 0.717) is 31.2 Å². The third kappa shape index (κ3) is 4.28. The Morgan fingerprint density at radius 1 is 1.06 bits per heavy atom. The molecular formula is C25H41NO5. The summed E-state index contributed by atoms with van der Waals surface area (Å²) in [6, 6.07) is 0. The van der Waals surface area contributed by atoms with E-state index < -0.39 is 17.1 Å². The number of piperidine rings is 1. The monoisotopic (exact) mass is 435 g/mol. The summed E-state index contributed by atoms with van der Waals surface area (Å²) < 4.78 is 25.9. The van der Waals surface area contributed by atoms with Crippen LogP contribution in [0.2, 0.25) is 0 Å². The van der Waals surface area contributed by atoms with Crippen molar-refractivity contribution < 1.29 is 23.7 Å². The normalized spacial score (nSPS) is 44.8. The molecule has 6 heteroatoms. The van der Waals surface area contributed by atoms with E-state index in [1.54, 1.807) is 0 Å². The van der Waals surface area contributed by atoms with Crippen molar-refractivity contribution in [3.05, 3.63) is 12.2 Å². The fourth-order valence-electron chi connectivity index (χ4n) is 6.37. The molecule has 6 nitrogen and oxygen atoms in total. The highest BCUT2D eigenvalue weighted by Gasteiger charge is 2.64. The summed E-state index contributed by atoms with van der Waals surface area (Å²) in [5, 5.41) is 0. The van der Waals surface area contributed by atoms with Gasteiger partial charge in [0.25, 0.3) is 0 Å². The van der Waals surface area contributed by atoms with Crippen LogP contribution in [0.15, 0.2) is 12.2 Å². The minimum absolute atomic E-state index is 0.0201. The molecule has 0 radical (unpaired) electrons. The quantitative estimate of drug-likeness (QED) is 0.554. The largest absolute Gasteiger partial charge is 0.444 e. The molecule has 4 saturated heterocycles. The zero-order valence-corrected chi connectivity index (χ0v) is 20.4. The van der Waals surface area contributed by atoms with Crippen molar-refractivity contribution in [2.75, 3.05) is 6.54 Å². The fraction of sp³-hybridized carbons (Fsp3) is 0.880. The summed E-state index contributed by atoms with van der Waals surface area (Å²) in [5.74, 6) is 0.453. The van der Waals surface area contributed by atoms with E-state index in [1.807, 2.05) is 32.6 Å². The molecule has 4 aliphatic heterocycles. The van der Waals surface area contributed by atoms with Crippen LogP contribution in [0, 0.1) is 17.8 Å². The summed E-state index contributed by atoms with van der Waals surface area (Å²) >= 11 is 0. The van der Waals surface area contributed by atoms with Gasteiger partial charge in [-0.05, 0) is 52.4 Å². The van der Waals surface area contributed by atoms with E-state index >= 15 is 0 Å². The highest BCUT2D eigenvalue weighted by Crippen LogP contribution is 2.54. The van der Waals surface area contributed by atoms with Gasteiger partial charge >= 0.3 is 6.09 Å². The van der Waals surface area contributed by atoms with Gasteiger partial charge in [0.2, 0.25) is 0 Å². The first-order valence-corrected chi connectivity index (χ1v) is 12.0. The molecule has 0 aliphatic carbocycles. The first-order valence-electron chi connectivity index (χ1n) is 12.0. The predicted octanol–water partition coefficient (Wildman–Crippen LogP) is 5.26. The van der Waals surface area contributed by atoms with Gasteiger partial charge in [-0.15, -0.1) is 0 Å². The highest BCUT2D eigenvalue weighted by atomic mass is 16.7. The Bertz CT molecular complexity index is 732. The van der Waals surface area contributed by atoms with Crippen LogP contribution in [0.1, 0.15) is 80.6 Å². The van der Waals surface area contributed by atoms with Crippen LogP contribution in [-0.4, -0.2) is 53.0 Å². The standard InChI is InChI=1S/C25H41NO5/c1-15(2)11-24-12-16(3)10-19(28-24)21-20(29-24)13-25(30-21)18(5)9-17(4)14-26(25)22(27)31-23(6,7)8/h16-21H,1,9-14H2,2-8H3/t16-,17+,18-,19+,20+,21+,24+,25-/m0/s1. The van der Waals surface area contributed by atoms with Crippen LogP contribution >= 0.6 is 0 Å². The molecule has 0 aromatic carbocycles. The molecule has 31 heavy (non-hydrogen) atoms. The number of rotatable bonds is 2. The molecule has 4 fully saturated rings. The molecule has 8 atom stereocenters. The molecule has 4 heterocycles. The molecule has 0 unspecified atom stereocenters. The Morgan fingerprint density at radius 2 is 1.74 bits per heavy atom. The second kappa shape index (κ2) is 7.74. The Labute approximate surface area is 187 Å². The number of ether oxygens (including phenoxy) is 4. The lowest BCUT2D eigenvalue weighted by atomic mass is 9.79. The average Bonchev–Trinajstić information content (AvgIpc) is 2.95. The minimum Gasteiger partial charge on any atom is -0.444 e. The van der Waals surface area contributed by atoms with Crippen LogP contribution in [-0.2, 0) is 18.9 Å². The van der Waals surface area contributed by atoms with E-state index in [1.165, 1.54) is 0 Å². The van der Waals surface area contributed by atoms with Gasteiger partial charge in [0, 0.05) is 31.7 Å². The van der Waals surface area contributed by atoms with Gasteiger partial charge in [-0.2, -0.15) is 0 Å². The van der Waals surface area contributed by atoms with Gasteiger partial charge in [0.05, 0.1) is 12.2 Å². The summed E-state index contributed by atoms with van der Waals surface area (Å²) in [4.78, 5) is 15.2. The van der Waals surface area contributed by atoms with Crippen LogP contribution < -0.4 is 0 Å². The zero-order chi connectivity index (χ0) is 22.8. The molecule has 2 bridgehead atoms. The minimum atomic E-state index is -0.710. The Kier molecular flexibility index (Phi) is 5.76. The van der Waals surface area contributed by atoms with E-state index in [-0.39, 0.29) is 30.3 Å². The van der Waals surface area contributed by atoms with Gasteiger partial charge in [0.1, 0.15) is 11.7 Å².